The average Bonchev–Trinajstić information content (AvgIpc) is 1.05. The first-order valence-electron chi connectivity index (χ1n) is 37.5. The van der Waals surface area contributed by atoms with Crippen molar-refractivity contribution in [3.63, 3.8) is 0 Å². The van der Waals surface area contributed by atoms with Crippen molar-refractivity contribution in [2.45, 2.75) is 158 Å². The van der Waals surface area contributed by atoms with Crippen LogP contribution in [0.3, 0.4) is 0 Å². The van der Waals surface area contributed by atoms with E-state index in [9.17, 15) is 148 Å². The topological polar surface area (TPSA) is 651 Å². The van der Waals surface area contributed by atoms with Gasteiger partial charge in [0.25, 0.3) is 0 Å². The molecule has 6 atom stereocenters. The number of para-hydroxylation sites is 1. The van der Waals surface area contributed by atoms with E-state index in [1.807, 2.05) is 18.2 Å². The second-order valence-electron chi connectivity index (χ2n) is 27.4. The third-order valence-corrected chi connectivity index (χ3v) is 19.2. The van der Waals surface area contributed by atoms with Gasteiger partial charge >= 0.3 is 71.6 Å². The van der Waals surface area contributed by atoms with Crippen LogP contribution in [0.15, 0.2) is 66.3 Å². The van der Waals surface area contributed by atoms with Crippen LogP contribution in [-0.2, 0) is 92.7 Å². The van der Waals surface area contributed by atoms with Crippen molar-refractivity contribution in [1.82, 2.24) is 56.5 Å². The maximum atomic E-state index is 14.2. The summed E-state index contributed by atoms with van der Waals surface area (Å²) in [5.74, 6) is -21.5. The van der Waals surface area contributed by atoms with E-state index in [2.05, 4.69) is 36.9 Å². The SMILES string of the molecule is O=C(O)CN(CC(=O)O)C(CCCCNC(=O)CCC(NC(=O)CCc1cccc(-c2nccs2)c1C=C1C=CN(CCC(=O)NC(CCC(=O)NCCCCC(C(=O)O)N(CC(=O)O)CC(=O)O)C(=O)NCCCCC(C(=O)O)N(CC(=O)O)CC(=O)O)c2ccccc21)C(=O)NCCCCC(C(=O)O)N(CC(=O)O)CC(=O)O)C(=O)O. The smallest absolute Gasteiger partial charge is 0.320 e. The monoisotopic (exact) mass is 1680 g/mol. The summed E-state index contributed by atoms with van der Waals surface area (Å²) < 4.78 is 0. The number of hydrogen-bond donors (Lipinski definition) is 18. The predicted molar refractivity (Wildman–Crippen MR) is 414 cm³/mol. The Kier molecular flexibility index (Phi) is 42.8. The van der Waals surface area contributed by atoms with Crippen LogP contribution in [0.5, 0.6) is 0 Å². The highest BCUT2D eigenvalue weighted by Crippen LogP contribution is 2.38. The van der Waals surface area contributed by atoms with E-state index in [4.69, 9.17) is 0 Å². The Hall–Kier alpha value is -12.3. The standard InChI is InChI=1S/C75H100N12O30S/c88-57(76-28-7-3-16-53(72(110)111)84(37-61(92)93)38-62(94)95)24-21-50(69(108)78-30-9-5-18-55(74(114)115)86(41-65(100)101)42-66(102)103)81-59(90)23-20-45-12-11-14-48(71-80-32-35-118-71)49(45)36-46-26-33-83(52-15-2-1-13-47(46)52)34-27-60(91)82-51(70(109)79-31-10-6-19-56(75(116)117)87(43-67(104)105)44-68(106)107)22-25-58(89)77-29-8-4-17-54(73(112)113)85(39-63(96)97)40-64(98)99/h1-2,11-15,26,32-33,35-36,50-51,53-56H,3-10,16-25,27-31,34,37-44H2,(H,76,88)(H,77,89)(H,78,108)(H,79,109)(H,81,90)(H,82,91)(H,92,93)(H,94,95)(H,96,97)(H,98,99)(H,100,101)(H,102,103)(H,104,105)(H,106,107)(H,110,111)(H,112,113)(H,114,115)(H,116,117). The van der Waals surface area contributed by atoms with Crippen molar-refractivity contribution in [2.24, 2.45) is 0 Å². The molecule has 2 heterocycles. The van der Waals surface area contributed by atoms with Crippen LogP contribution in [0.1, 0.15) is 132 Å². The van der Waals surface area contributed by atoms with Crippen molar-refractivity contribution in [3.8, 4) is 10.6 Å². The lowest BCUT2D eigenvalue weighted by molar-refractivity contribution is -0.152. The molecular formula is C75H100N12O30S. The number of aryl methyl sites for hydroxylation is 1. The molecule has 3 aromatic rings. The summed E-state index contributed by atoms with van der Waals surface area (Å²) in [6, 6.07) is 3.86. The molecule has 0 saturated carbocycles. The summed E-state index contributed by atoms with van der Waals surface area (Å²) in [7, 11) is 0. The number of aromatic nitrogens is 1. The molecule has 0 aliphatic carbocycles. The van der Waals surface area contributed by atoms with Gasteiger partial charge in [-0.3, -0.25) is 106 Å². The number of carbonyl (C=O) groups is 18. The second-order valence-corrected chi connectivity index (χ2v) is 28.3. The summed E-state index contributed by atoms with van der Waals surface area (Å²) in [5, 5.41) is 132. The van der Waals surface area contributed by atoms with Gasteiger partial charge in [0.2, 0.25) is 35.4 Å². The molecule has 0 saturated heterocycles. The quantitative estimate of drug-likeness (QED) is 0.0340. The number of amides is 6. The molecule has 43 heteroatoms. The van der Waals surface area contributed by atoms with Gasteiger partial charge in [0.15, 0.2) is 0 Å². The Bertz CT molecular complexity index is 4020. The number of allylic oxidation sites excluding steroid dienone is 2. The van der Waals surface area contributed by atoms with Crippen LogP contribution in [-0.4, -0.2) is 314 Å². The Morgan fingerprint density at radius 1 is 0.398 bits per heavy atom. The van der Waals surface area contributed by atoms with Gasteiger partial charge in [-0.25, -0.2) is 4.98 Å². The molecule has 1 aliphatic rings. The van der Waals surface area contributed by atoms with Crippen LogP contribution in [0.4, 0.5) is 5.69 Å². The van der Waals surface area contributed by atoms with Crippen molar-refractivity contribution >= 4 is 136 Å². The number of anilines is 1. The Morgan fingerprint density at radius 2 is 0.754 bits per heavy atom. The third kappa shape index (κ3) is 36.6. The van der Waals surface area contributed by atoms with Gasteiger partial charge in [0, 0.05) is 93.0 Å². The number of carbonyl (C=O) groups excluding carboxylic acids is 6. The fourth-order valence-electron chi connectivity index (χ4n) is 12.9. The molecular weight excluding hydrogens is 1580 g/mol. The highest BCUT2D eigenvalue weighted by atomic mass is 32.1. The molecule has 1 aliphatic heterocycles. The lowest BCUT2D eigenvalue weighted by Gasteiger charge is -2.28. The van der Waals surface area contributed by atoms with E-state index in [-0.39, 0.29) is 155 Å². The lowest BCUT2D eigenvalue weighted by Crippen LogP contribution is -2.48. The van der Waals surface area contributed by atoms with Crippen molar-refractivity contribution < 1.29 is 148 Å². The second kappa shape index (κ2) is 51.6. The zero-order valence-electron chi connectivity index (χ0n) is 64.3. The summed E-state index contributed by atoms with van der Waals surface area (Å²) in [6.07, 6.45) is 5.43. The first-order chi connectivity index (χ1) is 55.9. The number of aliphatic carboxylic acids is 12. The number of carboxylic acid groups (broad SMARTS) is 12. The minimum Gasteiger partial charge on any atom is -0.480 e. The van der Waals surface area contributed by atoms with Gasteiger partial charge in [-0.1, -0.05) is 36.4 Å². The Labute approximate surface area is 678 Å². The van der Waals surface area contributed by atoms with Gasteiger partial charge in [0.1, 0.15) is 41.3 Å². The fraction of sp³-hybridized carbons (Fsp3) is 0.507. The molecule has 0 radical (unpaired) electrons. The highest BCUT2D eigenvalue weighted by molar-refractivity contribution is 7.13. The maximum Gasteiger partial charge on any atom is 0.320 e. The molecule has 0 spiro atoms. The van der Waals surface area contributed by atoms with E-state index in [1.165, 1.54) is 11.3 Å². The summed E-state index contributed by atoms with van der Waals surface area (Å²) in [4.78, 5) is 232. The van der Waals surface area contributed by atoms with Crippen molar-refractivity contribution in [1.29, 1.82) is 0 Å². The zero-order valence-corrected chi connectivity index (χ0v) is 65.1. The molecule has 118 heavy (non-hydrogen) atoms. The van der Waals surface area contributed by atoms with Crippen LogP contribution in [0.2, 0.25) is 0 Å². The number of unbranched alkanes of at least 4 members (excludes halogenated alkanes) is 4. The number of fused-ring (bicyclic) bond motifs is 1. The first kappa shape index (κ1) is 98.0. The number of hydrogen-bond acceptors (Lipinski definition) is 25. The van der Waals surface area contributed by atoms with Gasteiger partial charge in [-0.05, 0) is 131 Å². The molecule has 42 nitrogen and oxygen atoms in total. The van der Waals surface area contributed by atoms with Crippen LogP contribution >= 0.6 is 11.3 Å². The number of thiazole rings is 1. The lowest BCUT2D eigenvalue weighted by atomic mass is 9.92. The molecule has 6 unspecified atom stereocenters. The van der Waals surface area contributed by atoms with E-state index in [0.717, 1.165) is 19.6 Å². The van der Waals surface area contributed by atoms with Crippen LogP contribution < -0.4 is 36.8 Å². The van der Waals surface area contributed by atoms with Gasteiger partial charge in [0.05, 0.1) is 52.4 Å². The van der Waals surface area contributed by atoms with Crippen LogP contribution in [0, 0.1) is 0 Å². The van der Waals surface area contributed by atoms with Gasteiger partial charge < -0.3 is 98.1 Å². The molecule has 4 rings (SSSR count). The Morgan fingerprint density at radius 3 is 1.11 bits per heavy atom. The summed E-state index contributed by atoms with van der Waals surface area (Å²) >= 11 is 1.33. The largest absolute Gasteiger partial charge is 0.480 e. The number of nitrogens with zero attached hydrogens (tertiary/aromatic N) is 6. The number of rotatable bonds is 62. The normalized spacial score (nSPS) is 13.6. The van der Waals surface area contributed by atoms with E-state index >= 15 is 0 Å². The fourth-order valence-corrected chi connectivity index (χ4v) is 13.6. The number of nitrogens with one attached hydrogen (secondary N) is 6. The van der Waals surface area contributed by atoms with Gasteiger partial charge in [-0.2, -0.15) is 0 Å². The maximum absolute atomic E-state index is 14.2. The molecule has 2 aromatic carbocycles. The molecule has 0 bridgehead atoms. The Balaban J connectivity index is 1.55. The molecule has 6 amide bonds. The van der Waals surface area contributed by atoms with Crippen molar-refractivity contribution in [3.05, 3.63) is 83.0 Å². The van der Waals surface area contributed by atoms with Gasteiger partial charge in [-0.15, -0.1) is 11.3 Å². The van der Waals surface area contributed by atoms with Crippen molar-refractivity contribution in [2.75, 3.05) is 90.0 Å². The number of benzene rings is 2. The summed E-state index contributed by atoms with van der Waals surface area (Å²) in [6.45, 7) is -7.25. The first-order valence-corrected chi connectivity index (χ1v) is 38.4. The molecule has 1 aromatic heterocycles. The van der Waals surface area contributed by atoms with E-state index in [0.29, 0.717) is 38.5 Å². The highest BCUT2D eigenvalue weighted by Gasteiger charge is 2.34. The van der Waals surface area contributed by atoms with E-state index < -0.39 is 196 Å². The predicted octanol–water partition coefficient (Wildman–Crippen LogP) is 0.381. The zero-order chi connectivity index (χ0) is 87.6. The summed E-state index contributed by atoms with van der Waals surface area (Å²) in [5.41, 5.74) is 3.92. The minimum absolute atomic E-state index is 0.0193. The third-order valence-electron chi connectivity index (χ3n) is 18.4. The van der Waals surface area contributed by atoms with E-state index in [1.54, 1.807) is 59.1 Å². The average molecular weight is 1680 g/mol. The number of carboxylic acids is 12. The molecule has 18 N–H and O–H groups in total. The molecule has 0 fully saturated rings. The van der Waals surface area contributed by atoms with Crippen LogP contribution in [0.25, 0.3) is 22.2 Å². The molecule has 646 valence electrons. The minimum atomic E-state index is -1.52.